The summed E-state index contributed by atoms with van der Waals surface area (Å²) in [7, 11) is 0. The van der Waals surface area contributed by atoms with E-state index in [1.165, 1.54) is 38.1 Å². The third-order valence-corrected chi connectivity index (χ3v) is 4.47. The predicted molar refractivity (Wildman–Crippen MR) is 106 cm³/mol. The number of hydrogen-bond donors (Lipinski definition) is 2. The highest BCUT2D eigenvalue weighted by Crippen LogP contribution is 2.30. The van der Waals surface area contributed by atoms with Crippen LogP contribution in [-0.4, -0.2) is 55.4 Å². The zero-order chi connectivity index (χ0) is 23.7. The van der Waals surface area contributed by atoms with Crippen molar-refractivity contribution in [2.24, 2.45) is 0 Å². The van der Waals surface area contributed by atoms with Gasteiger partial charge >= 0.3 is 18.0 Å². The lowest BCUT2D eigenvalue weighted by molar-refractivity contribution is -0.384. The Morgan fingerprint density at radius 1 is 1.13 bits per heavy atom. The Kier molecular flexibility index (Phi) is 6.29. The third kappa shape index (κ3) is 5.30. The van der Waals surface area contributed by atoms with Crippen molar-refractivity contribution in [3.05, 3.63) is 51.3 Å². The smallest absolute Gasteiger partial charge is 0.408 e. The number of non-ortho nitro benzene ring substituents is 1. The number of carboxylic acid groups (broad SMARTS) is 1. The Bertz CT molecular complexity index is 920. The molecule has 31 heavy (non-hydrogen) atoms. The highest BCUT2D eigenvalue weighted by Gasteiger charge is 2.45. The molecule has 2 rings (SSSR count). The number of nitro groups is 1. The van der Waals surface area contributed by atoms with E-state index in [0.29, 0.717) is 5.56 Å². The first kappa shape index (κ1) is 23.6. The molecule has 1 heterocycles. The van der Waals surface area contributed by atoms with Crippen molar-refractivity contribution in [1.29, 1.82) is 0 Å². The molecule has 1 aromatic carbocycles. The standard InChI is InChI=1S/C20H24N2O9/c1-19(2,3)21(18(26)27)13(10-11-6-8-12(9-7-11)22(28)29)15(23)14-16(24)30-20(4,5)31-17(14)25/h6-9,13,23H,10H2,1-5H3,(H,26,27). The largest absolute Gasteiger partial charge is 0.509 e. The van der Waals surface area contributed by atoms with Gasteiger partial charge in [0.1, 0.15) is 5.76 Å². The number of ether oxygens (including phenoxy) is 2. The number of rotatable bonds is 5. The van der Waals surface area contributed by atoms with Gasteiger partial charge in [0.2, 0.25) is 0 Å². The Morgan fingerprint density at radius 3 is 2.00 bits per heavy atom. The van der Waals surface area contributed by atoms with E-state index in [1.807, 2.05) is 0 Å². The van der Waals surface area contributed by atoms with Crippen LogP contribution in [0.5, 0.6) is 0 Å². The lowest BCUT2D eigenvalue weighted by Crippen LogP contribution is -2.54. The second-order valence-corrected chi connectivity index (χ2v) is 8.41. The molecule has 0 aliphatic carbocycles. The minimum atomic E-state index is -1.54. The molecule has 11 nitrogen and oxygen atoms in total. The molecule has 1 amide bonds. The number of hydrogen-bond acceptors (Lipinski definition) is 8. The van der Waals surface area contributed by atoms with E-state index in [2.05, 4.69) is 0 Å². The average Bonchev–Trinajstić information content (AvgIpc) is 2.58. The molecule has 0 radical (unpaired) electrons. The minimum absolute atomic E-state index is 0.171. The van der Waals surface area contributed by atoms with Crippen LogP contribution in [0.4, 0.5) is 10.5 Å². The van der Waals surface area contributed by atoms with Crippen LogP contribution < -0.4 is 0 Å². The summed E-state index contributed by atoms with van der Waals surface area (Å²) in [6.07, 6.45) is -1.59. The fourth-order valence-corrected chi connectivity index (χ4v) is 3.20. The van der Waals surface area contributed by atoms with Gasteiger partial charge in [-0.2, -0.15) is 0 Å². The number of aliphatic hydroxyl groups is 1. The Morgan fingerprint density at radius 2 is 1.61 bits per heavy atom. The van der Waals surface area contributed by atoms with Crippen LogP contribution in [0.3, 0.4) is 0 Å². The number of carbonyl (C=O) groups excluding carboxylic acids is 2. The minimum Gasteiger partial charge on any atom is -0.509 e. The van der Waals surface area contributed by atoms with Gasteiger partial charge in [-0.05, 0) is 26.3 Å². The van der Waals surface area contributed by atoms with E-state index in [9.17, 15) is 34.7 Å². The summed E-state index contributed by atoms with van der Waals surface area (Å²) in [5.74, 6) is -4.66. The Labute approximate surface area is 178 Å². The van der Waals surface area contributed by atoms with Gasteiger partial charge in [0, 0.05) is 37.9 Å². The molecule has 0 saturated carbocycles. The molecule has 1 aliphatic rings. The summed E-state index contributed by atoms with van der Waals surface area (Å²) >= 11 is 0. The van der Waals surface area contributed by atoms with Crippen LogP contribution in [-0.2, 0) is 25.5 Å². The Balaban J connectivity index is 2.58. The highest BCUT2D eigenvalue weighted by atomic mass is 16.7. The summed E-state index contributed by atoms with van der Waals surface area (Å²) in [5.41, 5.74) is -1.60. The second-order valence-electron chi connectivity index (χ2n) is 8.41. The van der Waals surface area contributed by atoms with Crippen molar-refractivity contribution in [2.45, 2.75) is 58.4 Å². The first-order valence-corrected chi connectivity index (χ1v) is 9.29. The normalized spacial score (nSPS) is 16.7. The van der Waals surface area contributed by atoms with E-state index in [1.54, 1.807) is 20.8 Å². The van der Waals surface area contributed by atoms with E-state index in [-0.39, 0.29) is 12.1 Å². The molecule has 168 valence electrons. The van der Waals surface area contributed by atoms with Crippen LogP contribution in [0, 0.1) is 10.1 Å². The van der Waals surface area contributed by atoms with Gasteiger partial charge in [0.05, 0.1) is 11.0 Å². The third-order valence-electron chi connectivity index (χ3n) is 4.47. The monoisotopic (exact) mass is 436 g/mol. The number of amides is 1. The average molecular weight is 436 g/mol. The van der Waals surface area contributed by atoms with Crippen LogP contribution >= 0.6 is 0 Å². The van der Waals surface area contributed by atoms with Gasteiger partial charge in [0.25, 0.3) is 11.5 Å². The van der Waals surface area contributed by atoms with Crippen molar-refractivity contribution < 1.29 is 39.0 Å². The number of benzene rings is 1. The van der Waals surface area contributed by atoms with E-state index in [4.69, 9.17) is 9.47 Å². The first-order chi connectivity index (χ1) is 14.1. The number of aliphatic hydroxyl groups excluding tert-OH is 1. The van der Waals surface area contributed by atoms with Crippen LogP contribution in [0.1, 0.15) is 40.2 Å². The topological polar surface area (TPSA) is 157 Å². The quantitative estimate of drug-likeness (QED) is 0.177. The molecule has 0 spiro atoms. The van der Waals surface area contributed by atoms with Crippen molar-refractivity contribution in [3.63, 3.8) is 0 Å². The number of cyclic esters (lactones) is 2. The van der Waals surface area contributed by atoms with Gasteiger partial charge in [-0.3, -0.25) is 15.0 Å². The van der Waals surface area contributed by atoms with Gasteiger partial charge in [0.15, 0.2) is 5.57 Å². The summed E-state index contributed by atoms with van der Waals surface area (Å²) in [5, 5.41) is 31.6. The summed E-state index contributed by atoms with van der Waals surface area (Å²) in [4.78, 5) is 48.0. The molecule has 0 bridgehead atoms. The molecule has 1 atom stereocenters. The van der Waals surface area contributed by atoms with Gasteiger partial charge in [-0.25, -0.2) is 14.4 Å². The van der Waals surface area contributed by atoms with Crippen molar-refractivity contribution in [2.75, 3.05) is 0 Å². The number of nitrogens with zero attached hydrogens (tertiary/aromatic N) is 2. The maximum Gasteiger partial charge on any atom is 0.408 e. The lowest BCUT2D eigenvalue weighted by atomic mass is 9.95. The maximum absolute atomic E-state index is 12.4. The fraction of sp³-hybridized carbons (Fsp3) is 0.450. The molecular formula is C20H24N2O9. The van der Waals surface area contributed by atoms with Gasteiger partial charge < -0.3 is 19.7 Å². The van der Waals surface area contributed by atoms with E-state index < -0.39 is 51.7 Å². The highest BCUT2D eigenvalue weighted by molar-refractivity contribution is 6.15. The molecule has 1 aromatic rings. The van der Waals surface area contributed by atoms with Crippen LogP contribution in [0.25, 0.3) is 0 Å². The van der Waals surface area contributed by atoms with Crippen LogP contribution in [0.15, 0.2) is 35.6 Å². The van der Waals surface area contributed by atoms with Crippen molar-refractivity contribution in [3.8, 4) is 0 Å². The summed E-state index contributed by atoms with van der Waals surface area (Å²) in [6.45, 7) is 7.39. The van der Waals surface area contributed by atoms with Crippen molar-refractivity contribution >= 4 is 23.7 Å². The zero-order valence-electron chi connectivity index (χ0n) is 17.7. The van der Waals surface area contributed by atoms with Crippen LogP contribution in [0.2, 0.25) is 0 Å². The lowest BCUT2D eigenvalue weighted by Gasteiger charge is -2.40. The number of carbonyl (C=O) groups is 3. The van der Waals surface area contributed by atoms with Gasteiger partial charge in [-0.15, -0.1) is 0 Å². The molecule has 11 heteroatoms. The molecular weight excluding hydrogens is 412 g/mol. The maximum atomic E-state index is 12.4. The fourth-order valence-electron chi connectivity index (χ4n) is 3.20. The van der Waals surface area contributed by atoms with E-state index in [0.717, 1.165) is 4.90 Å². The molecule has 1 saturated heterocycles. The number of esters is 2. The summed E-state index contributed by atoms with van der Waals surface area (Å²) < 4.78 is 10.0. The predicted octanol–water partition coefficient (Wildman–Crippen LogP) is 2.93. The molecule has 1 aliphatic heterocycles. The van der Waals surface area contributed by atoms with Gasteiger partial charge in [-0.1, -0.05) is 12.1 Å². The molecule has 1 unspecified atom stereocenters. The zero-order valence-corrected chi connectivity index (χ0v) is 17.7. The van der Waals surface area contributed by atoms with Crippen molar-refractivity contribution in [1.82, 2.24) is 4.90 Å². The van der Waals surface area contributed by atoms with E-state index >= 15 is 0 Å². The summed E-state index contributed by atoms with van der Waals surface area (Å²) in [6, 6.07) is 3.86. The molecule has 0 aromatic heterocycles. The molecule has 2 N–H and O–H groups in total. The Hall–Kier alpha value is -3.63. The SMILES string of the molecule is CC1(C)OC(=O)C(=C(O)C(Cc2ccc([N+](=O)[O-])cc2)N(C(=O)O)C(C)(C)C)C(=O)O1. The second kappa shape index (κ2) is 8.25. The number of nitro benzene ring substituents is 1. The first-order valence-electron chi connectivity index (χ1n) is 9.29. The molecule has 1 fully saturated rings.